The molecule has 1 atom stereocenters. The molecule has 2 heterocycles. The van der Waals surface area contributed by atoms with Crippen LogP contribution in [0, 0.1) is 0 Å². The normalized spacial score (nSPS) is 19.6. The van der Waals surface area contributed by atoms with E-state index < -0.39 is 10.0 Å². The second kappa shape index (κ2) is 7.22. The number of ether oxygens (including phenoxy) is 1. The van der Waals surface area contributed by atoms with E-state index in [0.717, 1.165) is 30.5 Å². The van der Waals surface area contributed by atoms with Crippen LogP contribution in [-0.2, 0) is 16.4 Å². The number of methoxy groups -OCH3 is 1. The Morgan fingerprint density at radius 2 is 1.82 bits per heavy atom. The zero-order valence-corrected chi connectivity index (χ0v) is 16.9. The SMILES string of the molecule is COc1ccc(S(=O)(=O)N2CCCC2)cc1C(=O)N1c2ccccc2CC1C. The third-order valence-electron chi connectivity index (χ3n) is 5.53. The minimum absolute atomic E-state index is 0.00606. The Balaban J connectivity index is 1.76. The zero-order chi connectivity index (χ0) is 19.9. The van der Waals surface area contributed by atoms with E-state index in [9.17, 15) is 13.2 Å². The monoisotopic (exact) mass is 400 g/mol. The van der Waals surface area contributed by atoms with Crippen LogP contribution in [0.15, 0.2) is 47.4 Å². The lowest BCUT2D eigenvalue weighted by Crippen LogP contribution is -2.36. The molecule has 28 heavy (non-hydrogen) atoms. The number of carbonyl (C=O) groups is 1. The Kier molecular flexibility index (Phi) is 4.89. The van der Waals surface area contributed by atoms with Crippen molar-refractivity contribution in [1.29, 1.82) is 0 Å². The molecule has 1 unspecified atom stereocenters. The van der Waals surface area contributed by atoms with Gasteiger partial charge in [0.25, 0.3) is 5.91 Å². The Bertz CT molecular complexity index is 1010. The summed E-state index contributed by atoms with van der Waals surface area (Å²) in [5.74, 6) is 0.134. The summed E-state index contributed by atoms with van der Waals surface area (Å²) < 4.78 is 32.8. The van der Waals surface area contributed by atoms with Crippen LogP contribution in [0.2, 0.25) is 0 Å². The van der Waals surface area contributed by atoms with Gasteiger partial charge in [-0.3, -0.25) is 4.79 Å². The van der Waals surface area contributed by atoms with Crippen molar-refractivity contribution >= 4 is 21.6 Å². The second-order valence-electron chi connectivity index (χ2n) is 7.33. The largest absolute Gasteiger partial charge is 0.496 e. The summed E-state index contributed by atoms with van der Waals surface area (Å²) in [6, 6.07) is 12.4. The molecule has 6 nitrogen and oxygen atoms in total. The van der Waals surface area contributed by atoms with Gasteiger partial charge in [0.1, 0.15) is 5.75 Å². The van der Waals surface area contributed by atoms with E-state index in [2.05, 4.69) is 0 Å². The minimum atomic E-state index is -3.61. The zero-order valence-electron chi connectivity index (χ0n) is 16.1. The summed E-state index contributed by atoms with van der Waals surface area (Å²) in [4.78, 5) is 15.3. The minimum Gasteiger partial charge on any atom is -0.496 e. The molecular weight excluding hydrogens is 376 g/mol. The molecule has 2 aliphatic heterocycles. The van der Waals surface area contributed by atoms with Gasteiger partial charge < -0.3 is 9.64 Å². The fourth-order valence-corrected chi connectivity index (χ4v) is 5.64. The lowest BCUT2D eigenvalue weighted by molar-refractivity contribution is 0.0978. The van der Waals surface area contributed by atoms with Crippen molar-refractivity contribution in [1.82, 2.24) is 4.31 Å². The number of fused-ring (bicyclic) bond motifs is 1. The maximum Gasteiger partial charge on any atom is 0.262 e. The van der Waals surface area contributed by atoms with Crippen molar-refractivity contribution in [3.05, 3.63) is 53.6 Å². The average molecular weight is 401 g/mol. The number of para-hydroxylation sites is 1. The highest BCUT2D eigenvalue weighted by molar-refractivity contribution is 7.89. The number of sulfonamides is 1. The van der Waals surface area contributed by atoms with Gasteiger partial charge in [-0.1, -0.05) is 18.2 Å². The van der Waals surface area contributed by atoms with Crippen LogP contribution in [0.5, 0.6) is 5.75 Å². The van der Waals surface area contributed by atoms with Crippen LogP contribution >= 0.6 is 0 Å². The number of carbonyl (C=O) groups excluding carboxylic acids is 1. The quantitative estimate of drug-likeness (QED) is 0.791. The Hall–Kier alpha value is -2.38. The number of nitrogens with zero attached hydrogens (tertiary/aromatic N) is 2. The summed E-state index contributed by atoms with van der Waals surface area (Å²) >= 11 is 0. The number of amides is 1. The number of benzene rings is 2. The lowest BCUT2D eigenvalue weighted by Gasteiger charge is -2.24. The smallest absolute Gasteiger partial charge is 0.262 e. The first kappa shape index (κ1) is 19.0. The summed E-state index contributed by atoms with van der Waals surface area (Å²) in [7, 11) is -2.12. The molecular formula is C21H24N2O4S. The van der Waals surface area contributed by atoms with E-state index in [1.165, 1.54) is 23.5 Å². The molecule has 0 radical (unpaired) electrons. The fraction of sp³-hybridized carbons (Fsp3) is 0.381. The van der Waals surface area contributed by atoms with Crippen LogP contribution in [-0.4, -0.2) is 44.9 Å². The maximum atomic E-state index is 13.4. The topological polar surface area (TPSA) is 66.9 Å². The van der Waals surface area contributed by atoms with Gasteiger partial charge in [-0.15, -0.1) is 0 Å². The predicted octanol–water partition coefficient (Wildman–Crippen LogP) is 3.07. The van der Waals surface area contributed by atoms with Crippen LogP contribution in [0.25, 0.3) is 0 Å². The number of hydrogen-bond acceptors (Lipinski definition) is 4. The molecule has 1 saturated heterocycles. The molecule has 1 amide bonds. The molecule has 0 bridgehead atoms. The summed E-state index contributed by atoms with van der Waals surface area (Å²) in [5, 5.41) is 0. The van der Waals surface area contributed by atoms with Crippen molar-refractivity contribution in [2.45, 2.75) is 37.1 Å². The molecule has 0 aromatic heterocycles. The molecule has 2 aromatic rings. The molecule has 0 spiro atoms. The van der Waals surface area contributed by atoms with Crippen LogP contribution in [0.4, 0.5) is 5.69 Å². The highest BCUT2D eigenvalue weighted by atomic mass is 32.2. The summed E-state index contributed by atoms with van der Waals surface area (Å²) in [6.07, 6.45) is 2.50. The summed E-state index contributed by atoms with van der Waals surface area (Å²) in [5.41, 5.74) is 2.25. The molecule has 148 valence electrons. The third kappa shape index (κ3) is 3.08. The van der Waals surface area contributed by atoms with Crippen molar-refractivity contribution in [2.75, 3.05) is 25.1 Å². The standard InChI is InChI=1S/C21H24N2O4S/c1-15-13-16-7-3-4-8-19(16)23(15)21(24)18-14-17(9-10-20(18)27-2)28(25,26)22-11-5-6-12-22/h3-4,7-10,14-15H,5-6,11-13H2,1-2H3. The van der Waals surface area contributed by atoms with Crippen molar-refractivity contribution in [3.63, 3.8) is 0 Å². The number of rotatable bonds is 4. The first-order chi connectivity index (χ1) is 13.4. The molecule has 7 heteroatoms. The first-order valence-electron chi connectivity index (χ1n) is 9.53. The highest BCUT2D eigenvalue weighted by Gasteiger charge is 2.34. The van der Waals surface area contributed by atoms with E-state index in [1.54, 1.807) is 11.0 Å². The van der Waals surface area contributed by atoms with Crippen LogP contribution < -0.4 is 9.64 Å². The second-order valence-corrected chi connectivity index (χ2v) is 9.27. The maximum absolute atomic E-state index is 13.4. The van der Waals surface area contributed by atoms with Gasteiger partial charge in [-0.2, -0.15) is 4.31 Å². The van der Waals surface area contributed by atoms with E-state index >= 15 is 0 Å². The van der Waals surface area contributed by atoms with Gasteiger partial charge in [-0.25, -0.2) is 8.42 Å². The van der Waals surface area contributed by atoms with E-state index in [4.69, 9.17) is 4.74 Å². The molecule has 4 rings (SSSR count). The first-order valence-corrected chi connectivity index (χ1v) is 11.0. The van der Waals surface area contributed by atoms with Crippen molar-refractivity contribution in [2.24, 2.45) is 0 Å². The number of anilines is 1. The molecule has 0 aliphatic carbocycles. The molecule has 0 saturated carbocycles. The molecule has 2 aromatic carbocycles. The van der Waals surface area contributed by atoms with Gasteiger partial charge in [0, 0.05) is 24.8 Å². The number of hydrogen-bond donors (Lipinski definition) is 0. The molecule has 1 fully saturated rings. The fourth-order valence-electron chi connectivity index (χ4n) is 4.10. The van der Waals surface area contributed by atoms with Gasteiger partial charge in [-0.05, 0) is 56.0 Å². The molecule has 2 aliphatic rings. The highest BCUT2D eigenvalue weighted by Crippen LogP contribution is 2.35. The third-order valence-corrected chi connectivity index (χ3v) is 7.42. The van der Waals surface area contributed by atoms with Gasteiger partial charge >= 0.3 is 0 Å². The van der Waals surface area contributed by atoms with E-state index in [-0.39, 0.29) is 22.4 Å². The van der Waals surface area contributed by atoms with E-state index in [1.807, 2.05) is 31.2 Å². The Morgan fingerprint density at radius 1 is 1.11 bits per heavy atom. The summed E-state index contributed by atoms with van der Waals surface area (Å²) in [6.45, 7) is 3.04. The van der Waals surface area contributed by atoms with Crippen LogP contribution in [0.3, 0.4) is 0 Å². The van der Waals surface area contributed by atoms with Crippen molar-refractivity contribution < 1.29 is 17.9 Å². The van der Waals surface area contributed by atoms with Gasteiger partial charge in [0.05, 0.1) is 17.6 Å². The van der Waals surface area contributed by atoms with E-state index in [0.29, 0.717) is 18.8 Å². The van der Waals surface area contributed by atoms with Gasteiger partial charge in [0.15, 0.2) is 0 Å². The molecule has 0 N–H and O–H groups in total. The lowest BCUT2D eigenvalue weighted by atomic mass is 10.1. The van der Waals surface area contributed by atoms with Crippen molar-refractivity contribution in [3.8, 4) is 5.75 Å². The Labute approximate surface area is 165 Å². The average Bonchev–Trinajstić information content (AvgIpc) is 3.34. The Morgan fingerprint density at radius 3 is 2.54 bits per heavy atom. The van der Waals surface area contributed by atoms with Crippen LogP contribution in [0.1, 0.15) is 35.7 Å². The van der Waals surface area contributed by atoms with Gasteiger partial charge in [0.2, 0.25) is 10.0 Å². The predicted molar refractivity (Wildman–Crippen MR) is 107 cm³/mol.